The lowest BCUT2D eigenvalue weighted by Gasteiger charge is -2.32. The van der Waals surface area contributed by atoms with E-state index in [1.54, 1.807) is 77.9 Å². The number of fused-ring (bicyclic) bond motifs is 5. The van der Waals surface area contributed by atoms with Gasteiger partial charge in [-0.05, 0) is 97.7 Å². The van der Waals surface area contributed by atoms with Gasteiger partial charge >= 0.3 is 12.2 Å². The Hall–Kier alpha value is -6.09. The molecule has 4 bridgehead atoms. The van der Waals surface area contributed by atoms with Crippen molar-refractivity contribution in [2.75, 3.05) is 45.4 Å². The number of carbonyl (C=O) groups excluding carboxylic acids is 8. The summed E-state index contributed by atoms with van der Waals surface area (Å²) >= 11 is -1.33. The molecule has 1 unspecified atom stereocenters. The van der Waals surface area contributed by atoms with E-state index in [4.69, 9.17) is 18.9 Å². The number of ether oxygens (including phenoxy) is 4. The maximum atomic E-state index is 14.6. The summed E-state index contributed by atoms with van der Waals surface area (Å²) in [5.74, 6) is -3.27. The van der Waals surface area contributed by atoms with Gasteiger partial charge in [-0.15, -0.1) is 0 Å². The van der Waals surface area contributed by atoms with Crippen LogP contribution in [0.15, 0.2) is 36.4 Å². The highest BCUT2D eigenvalue weighted by molar-refractivity contribution is 7.90. The molecule has 0 aromatic heterocycles. The molecule has 0 fully saturated rings. The van der Waals surface area contributed by atoms with Crippen molar-refractivity contribution in [3.63, 3.8) is 0 Å². The molecule has 6 N–H and O–H groups in total. The number of rotatable bonds is 17. The molecule has 2 aromatic carbocycles. The Labute approximate surface area is 395 Å². The van der Waals surface area contributed by atoms with Crippen LogP contribution in [0.25, 0.3) is 11.1 Å². The van der Waals surface area contributed by atoms with Gasteiger partial charge in [-0.25, -0.2) is 9.59 Å². The van der Waals surface area contributed by atoms with E-state index in [1.165, 1.54) is 41.0 Å². The Kier molecular flexibility index (Phi) is 20.3. The first kappa shape index (κ1) is 55.2. The maximum Gasteiger partial charge on any atom is 0.407 e. The van der Waals surface area contributed by atoms with Crippen LogP contribution in [0.4, 0.5) is 9.59 Å². The molecule has 0 saturated heterocycles. The van der Waals surface area contributed by atoms with Crippen LogP contribution in [0, 0.1) is 0 Å². The van der Waals surface area contributed by atoms with Crippen molar-refractivity contribution < 1.29 is 61.9 Å². The Morgan fingerprint density at radius 2 is 1.36 bits per heavy atom. The minimum absolute atomic E-state index is 0.0122. The molecule has 6 atom stereocenters. The van der Waals surface area contributed by atoms with E-state index in [9.17, 15) is 42.9 Å². The van der Waals surface area contributed by atoms with Gasteiger partial charge in [-0.3, -0.25) is 28.8 Å². The molecule has 1 aliphatic rings. The minimum Gasteiger partial charge on any atom is -0.617 e. The van der Waals surface area contributed by atoms with Crippen molar-refractivity contribution in [1.29, 1.82) is 0 Å². The molecule has 0 spiro atoms. The summed E-state index contributed by atoms with van der Waals surface area (Å²) in [5.41, 5.74) is -0.0789. The molecule has 7 amide bonds. The molecule has 0 saturated carbocycles. The lowest BCUT2D eigenvalue weighted by atomic mass is 9.93. The maximum absolute atomic E-state index is 14.6. The molecule has 0 aliphatic carbocycles. The molecule has 67 heavy (non-hydrogen) atoms. The second-order valence-electron chi connectivity index (χ2n) is 18.1. The van der Waals surface area contributed by atoms with E-state index in [2.05, 4.69) is 31.9 Å². The average Bonchev–Trinajstić information content (AvgIpc) is 3.20. The number of Topliss-reactive ketones (excluding diaryl/α,β-unsaturated/α-hetero) is 1. The molecule has 21 heteroatoms. The van der Waals surface area contributed by atoms with Crippen molar-refractivity contribution >= 4 is 58.7 Å². The van der Waals surface area contributed by atoms with Crippen molar-refractivity contribution in [2.45, 2.75) is 123 Å². The second-order valence-corrected chi connectivity index (χ2v) is 19.7. The number of alkyl carbamates (subject to hydrolysis) is 2. The lowest BCUT2D eigenvalue weighted by molar-refractivity contribution is -0.142. The van der Waals surface area contributed by atoms with Gasteiger partial charge in [0.1, 0.15) is 65.8 Å². The number of hydrogen-bond donors (Lipinski definition) is 6. The van der Waals surface area contributed by atoms with Crippen molar-refractivity contribution in [2.24, 2.45) is 0 Å². The van der Waals surface area contributed by atoms with Gasteiger partial charge in [0.25, 0.3) is 0 Å². The van der Waals surface area contributed by atoms with E-state index < -0.39 is 94.3 Å². The van der Waals surface area contributed by atoms with Crippen molar-refractivity contribution in [1.82, 2.24) is 36.8 Å². The molecule has 3 rings (SSSR count). The van der Waals surface area contributed by atoms with Crippen LogP contribution in [0.3, 0.4) is 0 Å². The van der Waals surface area contributed by atoms with E-state index in [0.29, 0.717) is 16.7 Å². The molecule has 370 valence electrons. The predicted octanol–water partition coefficient (Wildman–Crippen LogP) is 2.57. The molecule has 1 aliphatic heterocycles. The number of ketones is 1. The fourth-order valence-electron chi connectivity index (χ4n) is 6.58. The molecule has 1 heterocycles. The lowest BCUT2D eigenvalue weighted by Crippen LogP contribution is -2.56. The second kappa shape index (κ2) is 24.6. The number of benzene rings is 2. The van der Waals surface area contributed by atoms with Crippen LogP contribution in [0.2, 0.25) is 0 Å². The van der Waals surface area contributed by atoms with Crippen LogP contribution < -0.4 is 41.4 Å². The number of likely N-dealkylation sites (N-methyl/N-ethyl adjacent to an activating group) is 1. The van der Waals surface area contributed by atoms with Crippen molar-refractivity contribution in [3.05, 3.63) is 47.5 Å². The normalized spacial score (nSPS) is 17.7. The summed E-state index contributed by atoms with van der Waals surface area (Å²) in [5, 5.41) is 15.9. The first-order valence-electron chi connectivity index (χ1n) is 21.9. The Bertz CT molecular complexity index is 2120. The van der Waals surface area contributed by atoms with Gasteiger partial charge in [-0.1, -0.05) is 23.3 Å². The topological polar surface area (TPSA) is 272 Å². The monoisotopic (exact) mass is 957 g/mol. The highest BCUT2D eigenvalue weighted by Gasteiger charge is 2.36. The molecule has 20 nitrogen and oxygen atoms in total. The van der Waals surface area contributed by atoms with Gasteiger partial charge in [-0.2, -0.15) is 0 Å². The molecule has 0 radical (unpaired) electrons. The van der Waals surface area contributed by atoms with E-state index in [-0.39, 0.29) is 67.7 Å². The van der Waals surface area contributed by atoms with E-state index >= 15 is 0 Å². The number of amides is 7. The third-order valence-electron chi connectivity index (χ3n) is 9.86. The number of carbonyl (C=O) groups is 8. The zero-order valence-electron chi connectivity index (χ0n) is 40.5. The third-order valence-corrected chi connectivity index (χ3v) is 10.7. The number of nitrogens with one attached hydrogen (secondary N) is 6. The first-order chi connectivity index (χ1) is 31.1. The number of nitrogens with zero attached hydrogens (tertiary/aromatic N) is 1. The van der Waals surface area contributed by atoms with Gasteiger partial charge < -0.3 is 60.3 Å². The van der Waals surface area contributed by atoms with Crippen LogP contribution in [-0.4, -0.2) is 138 Å². The molecule has 2 aromatic rings. The highest BCUT2D eigenvalue weighted by Crippen LogP contribution is 2.40. The van der Waals surface area contributed by atoms with Gasteiger partial charge in [0.15, 0.2) is 5.78 Å². The molecular formula is C46H67N7O13S. The smallest absolute Gasteiger partial charge is 0.407 e. The Morgan fingerprint density at radius 1 is 0.821 bits per heavy atom. The van der Waals surface area contributed by atoms with Crippen molar-refractivity contribution in [3.8, 4) is 22.6 Å². The van der Waals surface area contributed by atoms with Crippen LogP contribution in [-0.2, 0) is 55.8 Å². The van der Waals surface area contributed by atoms with Crippen LogP contribution in [0.1, 0.15) is 92.8 Å². The van der Waals surface area contributed by atoms with Gasteiger partial charge in [0.05, 0.1) is 25.4 Å². The Balaban J connectivity index is 2.30. The largest absolute Gasteiger partial charge is 0.617 e. The van der Waals surface area contributed by atoms with E-state index in [0.717, 1.165) is 4.90 Å². The summed E-state index contributed by atoms with van der Waals surface area (Å²) in [7, 11) is 1.36. The zero-order chi connectivity index (χ0) is 50.4. The summed E-state index contributed by atoms with van der Waals surface area (Å²) in [4.78, 5) is 107. The van der Waals surface area contributed by atoms with Gasteiger partial charge in [0, 0.05) is 37.9 Å². The van der Waals surface area contributed by atoms with Gasteiger partial charge in [0.2, 0.25) is 29.5 Å². The minimum atomic E-state index is -1.48. The third kappa shape index (κ3) is 18.3. The number of hydrogen-bond acceptors (Lipinski definition) is 13. The Morgan fingerprint density at radius 3 is 1.87 bits per heavy atom. The quantitative estimate of drug-likeness (QED) is 0.0985. The fourth-order valence-corrected chi connectivity index (χ4v) is 7.14. The van der Waals surface area contributed by atoms with Crippen LogP contribution >= 0.6 is 0 Å². The summed E-state index contributed by atoms with van der Waals surface area (Å²) in [6.07, 6.45) is 0.00843. The predicted molar refractivity (Wildman–Crippen MR) is 250 cm³/mol. The van der Waals surface area contributed by atoms with E-state index in [1.807, 2.05) is 0 Å². The average molecular weight is 958 g/mol. The summed E-state index contributed by atoms with van der Waals surface area (Å²) in [6.45, 7) is 15.7. The first-order valence-corrected chi connectivity index (χ1v) is 23.6. The summed E-state index contributed by atoms with van der Waals surface area (Å²) in [6, 6.07) is 3.61. The fraction of sp³-hybridized carbons (Fsp3) is 0.565. The zero-order valence-corrected chi connectivity index (χ0v) is 41.3. The van der Waals surface area contributed by atoms with Crippen LogP contribution in [0.5, 0.6) is 11.5 Å². The SMILES string of the molecule is CC(=O)N[C@@H](CC[S+](C)[O-])C(=O)N(C)[C@@H]1C(=O)N[C@@H](C)C(=O)N[C@H](C(=O)N[C@@H](C)C(C)=O)Cc2ccc(OCCNC(=O)OC(C)(C)C)c(c2)-c2cc1ccc2OCCNC(=O)OC(C)(C)C. The summed E-state index contributed by atoms with van der Waals surface area (Å²) < 4.78 is 35.4. The highest BCUT2D eigenvalue weighted by atomic mass is 32.2. The standard InChI is InChI=1S/C46H67N7O13S/c1-26(28(3)54)49-40(57)35-24-30-13-15-36(63-20-18-47-43(60)65-45(5,6)7)32(23-30)33-25-31(14-16-37(33)64-21-19-48-44(61)66-46(8,9)10)38(41(58)50-27(2)39(56)52-35)53(11)42(59)34(51-29(4)55)17-22-67(12)62/h13-16,23,25-27,34-35,38H,17-22,24H2,1-12H3,(H,47,60)(H,48,61)(H,49,57)(H,50,58)(H,51,55)(H,52,56)/t26-,27-,34-,35-,38-,67?/m0/s1. The molecular weight excluding hydrogens is 891 g/mol.